The van der Waals surface area contributed by atoms with E-state index >= 15 is 0 Å². The van der Waals surface area contributed by atoms with Crippen LogP contribution in [0.2, 0.25) is 5.02 Å². The summed E-state index contributed by atoms with van der Waals surface area (Å²) in [6.07, 6.45) is 0.978. The van der Waals surface area contributed by atoms with Crippen molar-refractivity contribution in [2.24, 2.45) is 5.41 Å². The number of nitrogens with two attached hydrogens (primary N) is 1. The topological polar surface area (TPSA) is 69.6 Å². The highest BCUT2D eigenvalue weighted by Gasteiger charge is 2.16. The fourth-order valence-electron chi connectivity index (χ4n) is 1.72. The molecule has 1 aromatic heterocycles. The highest BCUT2D eigenvalue weighted by atomic mass is 35.5. The Morgan fingerprint density at radius 3 is 2.74 bits per heavy atom. The van der Waals surface area contributed by atoms with Gasteiger partial charge in [-0.2, -0.15) is 0 Å². The molecule has 0 amide bonds. The van der Waals surface area contributed by atoms with Gasteiger partial charge in [-0.1, -0.05) is 38.4 Å². The van der Waals surface area contributed by atoms with Gasteiger partial charge in [0.15, 0.2) is 5.82 Å². The first-order valence-corrected chi connectivity index (χ1v) is 6.57. The minimum atomic E-state index is 0.225. The molecule has 0 aliphatic rings. The van der Waals surface area contributed by atoms with Crippen molar-refractivity contribution < 1.29 is 0 Å². The van der Waals surface area contributed by atoms with Gasteiger partial charge in [0.25, 0.3) is 0 Å². The summed E-state index contributed by atoms with van der Waals surface area (Å²) >= 11 is 6.03. The zero-order chi connectivity index (χ0) is 14.0. The third-order valence-electron chi connectivity index (χ3n) is 2.90. The molecule has 0 spiro atoms. The molecule has 2 N–H and O–H groups in total. The first-order valence-electron chi connectivity index (χ1n) is 6.19. The van der Waals surface area contributed by atoms with Crippen molar-refractivity contribution in [1.82, 2.24) is 20.2 Å². The Balaban J connectivity index is 2.31. The lowest BCUT2D eigenvalue weighted by molar-refractivity contribution is 0.340. The van der Waals surface area contributed by atoms with Crippen LogP contribution in [0.5, 0.6) is 0 Å². The molecule has 1 aromatic carbocycles. The molecule has 6 heteroatoms. The van der Waals surface area contributed by atoms with Crippen LogP contribution >= 0.6 is 11.6 Å². The molecule has 2 rings (SSSR count). The van der Waals surface area contributed by atoms with Crippen LogP contribution in [0.25, 0.3) is 11.4 Å². The third-order valence-corrected chi connectivity index (χ3v) is 3.23. The number of nitrogen functional groups attached to an aromatic ring is 1. The van der Waals surface area contributed by atoms with Crippen LogP contribution in [-0.4, -0.2) is 20.2 Å². The summed E-state index contributed by atoms with van der Waals surface area (Å²) in [7, 11) is 0. The van der Waals surface area contributed by atoms with Gasteiger partial charge >= 0.3 is 0 Å². The third kappa shape index (κ3) is 3.23. The smallest absolute Gasteiger partial charge is 0.184 e. The van der Waals surface area contributed by atoms with E-state index in [0.717, 1.165) is 18.5 Å². The molecule has 5 nitrogen and oxygen atoms in total. The lowest BCUT2D eigenvalue weighted by atomic mass is 9.92. The van der Waals surface area contributed by atoms with Gasteiger partial charge in [-0.25, -0.2) is 4.68 Å². The average Bonchev–Trinajstić information content (AvgIpc) is 2.77. The molecule has 2 aromatic rings. The Morgan fingerprint density at radius 2 is 2.05 bits per heavy atom. The maximum atomic E-state index is 6.03. The number of para-hydroxylation sites is 1. The van der Waals surface area contributed by atoms with Crippen molar-refractivity contribution in [3.63, 3.8) is 0 Å². The van der Waals surface area contributed by atoms with E-state index in [1.165, 1.54) is 0 Å². The maximum absolute atomic E-state index is 6.03. The molecule has 0 saturated carbocycles. The SMILES string of the molecule is CC(C)(C)CCn1nnnc1-c1cccc(Cl)c1N. The number of nitrogens with zero attached hydrogens (tertiary/aromatic N) is 4. The Kier molecular flexibility index (Phi) is 3.75. The van der Waals surface area contributed by atoms with E-state index in [9.17, 15) is 0 Å². The molecule has 102 valence electrons. The van der Waals surface area contributed by atoms with Crippen molar-refractivity contribution in [3.8, 4) is 11.4 Å². The monoisotopic (exact) mass is 279 g/mol. The molecule has 0 bridgehead atoms. The van der Waals surface area contributed by atoms with Crippen molar-refractivity contribution >= 4 is 17.3 Å². The number of hydrogen-bond acceptors (Lipinski definition) is 4. The molecule has 0 atom stereocenters. The van der Waals surface area contributed by atoms with Crippen LogP contribution in [0.4, 0.5) is 5.69 Å². The zero-order valence-electron chi connectivity index (χ0n) is 11.4. The van der Waals surface area contributed by atoms with E-state index in [4.69, 9.17) is 17.3 Å². The number of aryl methyl sites for hydroxylation is 1. The summed E-state index contributed by atoms with van der Waals surface area (Å²) < 4.78 is 1.77. The van der Waals surface area contributed by atoms with E-state index in [2.05, 4.69) is 36.3 Å². The summed E-state index contributed by atoms with van der Waals surface area (Å²) in [6, 6.07) is 5.47. The Labute approximate surface area is 117 Å². The van der Waals surface area contributed by atoms with Gasteiger partial charge in [0.2, 0.25) is 0 Å². The average molecular weight is 280 g/mol. The van der Waals surface area contributed by atoms with Gasteiger partial charge in [0, 0.05) is 12.1 Å². The number of halogens is 1. The van der Waals surface area contributed by atoms with Gasteiger partial charge in [-0.05, 0) is 34.4 Å². The molecule has 0 fully saturated rings. The second-order valence-electron chi connectivity index (χ2n) is 5.74. The van der Waals surface area contributed by atoms with Crippen molar-refractivity contribution in [2.45, 2.75) is 33.7 Å². The molecular formula is C13H18ClN5. The number of aromatic nitrogens is 4. The van der Waals surface area contributed by atoms with Crippen LogP contribution in [0.15, 0.2) is 18.2 Å². The minimum absolute atomic E-state index is 0.225. The Hall–Kier alpha value is -1.62. The number of hydrogen-bond donors (Lipinski definition) is 1. The van der Waals surface area contributed by atoms with Gasteiger partial charge in [-0.15, -0.1) is 5.10 Å². The van der Waals surface area contributed by atoms with E-state index in [-0.39, 0.29) is 5.41 Å². The first-order chi connectivity index (χ1) is 8.88. The quantitative estimate of drug-likeness (QED) is 0.877. The van der Waals surface area contributed by atoms with E-state index < -0.39 is 0 Å². The normalized spacial score (nSPS) is 11.8. The van der Waals surface area contributed by atoms with Gasteiger partial charge < -0.3 is 5.73 Å². The van der Waals surface area contributed by atoms with Crippen LogP contribution in [0.3, 0.4) is 0 Å². The Bertz CT molecular complexity index is 571. The fraction of sp³-hybridized carbons (Fsp3) is 0.462. The molecule has 0 radical (unpaired) electrons. The molecule has 0 aliphatic heterocycles. The lowest BCUT2D eigenvalue weighted by Gasteiger charge is -2.18. The second kappa shape index (κ2) is 5.17. The number of benzene rings is 1. The van der Waals surface area contributed by atoms with E-state index in [0.29, 0.717) is 16.5 Å². The largest absolute Gasteiger partial charge is 0.397 e. The van der Waals surface area contributed by atoms with Crippen LogP contribution in [0.1, 0.15) is 27.2 Å². The summed E-state index contributed by atoms with van der Waals surface area (Å²) in [5.74, 6) is 0.657. The van der Waals surface area contributed by atoms with Gasteiger partial charge in [0.1, 0.15) is 0 Å². The molecule has 19 heavy (non-hydrogen) atoms. The number of rotatable bonds is 3. The van der Waals surface area contributed by atoms with Gasteiger partial charge in [-0.3, -0.25) is 0 Å². The predicted molar refractivity (Wildman–Crippen MR) is 76.7 cm³/mol. The number of anilines is 1. The van der Waals surface area contributed by atoms with E-state index in [1.54, 1.807) is 10.7 Å². The standard InChI is InChI=1S/C13H18ClN5/c1-13(2,3)7-8-19-12(16-17-18-19)9-5-4-6-10(14)11(9)15/h4-6H,7-8,15H2,1-3H3. The summed E-state index contributed by atoms with van der Waals surface area (Å²) in [6.45, 7) is 7.30. The van der Waals surface area contributed by atoms with Crippen LogP contribution < -0.4 is 5.73 Å². The molecule has 1 heterocycles. The van der Waals surface area contributed by atoms with Crippen molar-refractivity contribution in [3.05, 3.63) is 23.2 Å². The number of tetrazole rings is 1. The highest BCUT2D eigenvalue weighted by molar-refractivity contribution is 6.33. The zero-order valence-corrected chi connectivity index (χ0v) is 12.1. The fourth-order valence-corrected chi connectivity index (χ4v) is 1.90. The second-order valence-corrected chi connectivity index (χ2v) is 6.14. The molecule has 0 saturated heterocycles. The summed E-state index contributed by atoms with van der Waals surface area (Å²) in [5, 5.41) is 12.3. The lowest BCUT2D eigenvalue weighted by Crippen LogP contribution is -2.12. The van der Waals surface area contributed by atoms with Gasteiger partial charge in [0.05, 0.1) is 10.7 Å². The summed E-state index contributed by atoms with van der Waals surface area (Å²) in [5.41, 5.74) is 7.49. The van der Waals surface area contributed by atoms with Crippen molar-refractivity contribution in [2.75, 3.05) is 5.73 Å². The highest BCUT2D eigenvalue weighted by Crippen LogP contribution is 2.30. The minimum Gasteiger partial charge on any atom is -0.397 e. The molecule has 0 aliphatic carbocycles. The molecular weight excluding hydrogens is 262 g/mol. The van der Waals surface area contributed by atoms with E-state index in [1.807, 2.05) is 12.1 Å². The summed E-state index contributed by atoms with van der Waals surface area (Å²) in [4.78, 5) is 0. The Morgan fingerprint density at radius 1 is 1.32 bits per heavy atom. The van der Waals surface area contributed by atoms with Crippen LogP contribution in [-0.2, 0) is 6.54 Å². The maximum Gasteiger partial charge on any atom is 0.184 e. The van der Waals surface area contributed by atoms with Crippen molar-refractivity contribution in [1.29, 1.82) is 0 Å². The van der Waals surface area contributed by atoms with Crippen LogP contribution in [0, 0.1) is 5.41 Å². The first kappa shape index (κ1) is 13.8. The molecule has 0 unspecified atom stereocenters. The predicted octanol–water partition coefficient (Wildman–Crippen LogP) is 3.01.